The molecular weight excluding hydrogens is 500 g/mol. The number of nitrogens with zero attached hydrogens (tertiary/aromatic N) is 1. The summed E-state index contributed by atoms with van der Waals surface area (Å²) in [4.78, 5) is 45.6. The Hall–Kier alpha value is -4.97. The van der Waals surface area contributed by atoms with Crippen LogP contribution in [0.25, 0.3) is 6.08 Å². The van der Waals surface area contributed by atoms with Crippen molar-refractivity contribution >= 4 is 29.2 Å². The number of carbonyl (C=O) groups excluding carboxylic acids is 3. The quantitative estimate of drug-likeness (QED) is 0.339. The lowest BCUT2D eigenvalue weighted by molar-refractivity contribution is -0.122. The Morgan fingerprint density at radius 1 is 0.825 bits per heavy atom. The molecule has 0 saturated carbocycles. The Morgan fingerprint density at radius 2 is 1.55 bits per heavy atom. The average molecular weight is 527 g/mol. The highest BCUT2D eigenvalue weighted by atomic mass is 16.5. The van der Waals surface area contributed by atoms with Gasteiger partial charge in [0.05, 0.1) is 19.1 Å². The van der Waals surface area contributed by atoms with Crippen LogP contribution in [0.1, 0.15) is 43.4 Å². The van der Waals surface area contributed by atoms with Gasteiger partial charge in [0, 0.05) is 23.0 Å². The molecule has 196 valence electrons. The van der Waals surface area contributed by atoms with Crippen molar-refractivity contribution in [1.29, 1.82) is 0 Å². The first kappa shape index (κ1) is 24.1. The molecule has 1 amide bonds. The molecule has 6 nitrogen and oxygen atoms in total. The van der Waals surface area contributed by atoms with Crippen LogP contribution >= 0.6 is 0 Å². The molecule has 1 spiro atoms. The Morgan fingerprint density at radius 3 is 2.38 bits per heavy atom. The number of hydrogen-bond acceptors (Lipinski definition) is 5. The molecule has 4 atom stereocenters. The van der Waals surface area contributed by atoms with Crippen LogP contribution in [-0.4, -0.2) is 35.5 Å². The summed E-state index contributed by atoms with van der Waals surface area (Å²) in [6.45, 7) is 0. The lowest BCUT2D eigenvalue weighted by Crippen LogP contribution is -2.49. The van der Waals surface area contributed by atoms with Gasteiger partial charge in [-0.1, -0.05) is 84.9 Å². The van der Waals surface area contributed by atoms with Gasteiger partial charge < -0.3 is 15.0 Å². The van der Waals surface area contributed by atoms with Crippen molar-refractivity contribution in [1.82, 2.24) is 4.90 Å². The predicted octanol–water partition coefficient (Wildman–Crippen LogP) is 5.68. The summed E-state index contributed by atoms with van der Waals surface area (Å²) in [5.74, 6) is -1.21. The molecule has 1 N–H and O–H groups in total. The summed E-state index contributed by atoms with van der Waals surface area (Å²) in [5.41, 5.74) is 2.80. The van der Waals surface area contributed by atoms with Crippen molar-refractivity contribution in [2.75, 3.05) is 12.4 Å². The summed E-state index contributed by atoms with van der Waals surface area (Å²) in [6.07, 6.45) is 3.84. The zero-order valence-electron chi connectivity index (χ0n) is 21.8. The minimum absolute atomic E-state index is 0.240. The van der Waals surface area contributed by atoms with Gasteiger partial charge >= 0.3 is 0 Å². The van der Waals surface area contributed by atoms with Gasteiger partial charge in [-0.2, -0.15) is 0 Å². The average Bonchev–Trinajstić information content (AvgIpc) is 3.49. The van der Waals surface area contributed by atoms with Crippen LogP contribution < -0.4 is 10.1 Å². The highest BCUT2D eigenvalue weighted by Gasteiger charge is 2.70. The van der Waals surface area contributed by atoms with Gasteiger partial charge in [0.15, 0.2) is 11.6 Å². The SMILES string of the molecule is COc1cccc(C(=O)[C@@H]2[C@@H](C(=O)c3ccccc3)[C@@]3(C(=O)Nc4ccccc43)[C@H]3c4ccccc4C=CN23)c1. The fraction of sp³-hybridized carbons (Fsp3) is 0.147. The molecular formula is C34H26N2O4. The maximum atomic E-state index is 14.7. The van der Waals surface area contributed by atoms with Gasteiger partial charge in [-0.25, -0.2) is 0 Å². The fourth-order valence-electron chi connectivity index (χ4n) is 6.90. The van der Waals surface area contributed by atoms with Crippen molar-refractivity contribution in [3.8, 4) is 5.75 Å². The number of fused-ring (bicyclic) bond motifs is 6. The summed E-state index contributed by atoms with van der Waals surface area (Å²) in [5, 5.41) is 3.07. The van der Waals surface area contributed by atoms with E-state index in [-0.39, 0.29) is 17.5 Å². The van der Waals surface area contributed by atoms with Crippen LogP contribution in [0.5, 0.6) is 5.75 Å². The Bertz CT molecular complexity index is 1710. The van der Waals surface area contributed by atoms with Crippen LogP contribution in [0.3, 0.4) is 0 Å². The maximum absolute atomic E-state index is 14.7. The monoisotopic (exact) mass is 526 g/mol. The van der Waals surface area contributed by atoms with E-state index in [2.05, 4.69) is 5.32 Å². The largest absolute Gasteiger partial charge is 0.497 e. The summed E-state index contributed by atoms with van der Waals surface area (Å²) in [7, 11) is 1.55. The number of Topliss-reactive ketones (excluding diaryl/α,β-unsaturated/α-hetero) is 2. The van der Waals surface area contributed by atoms with E-state index in [0.29, 0.717) is 22.6 Å². The van der Waals surface area contributed by atoms with E-state index in [9.17, 15) is 14.4 Å². The third kappa shape index (κ3) is 3.26. The first-order valence-corrected chi connectivity index (χ1v) is 13.3. The second kappa shape index (κ2) is 9.06. The number of benzene rings is 4. The van der Waals surface area contributed by atoms with Crippen molar-refractivity contribution in [2.24, 2.45) is 5.92 Å². The van der Waals surface area contributed by atoms with Crippen molar-refractivity contribution in [3.05, 3.63) is 137 Å². The molecule has 6 heteroatoms. The van der Waals surface area contributed by atoms with E-state index in [1.165, 1.54) is 0 Å². The predicted molar refractivity (Wildman–Crippen MR) is 152 cm³/mol. The number of carbonyl (C=O) groups is 3. The second-order valence-corrected chi connectivity index (χ2v) is 10.4. The second-order valence-electron chi connectivity index (χ2n) is 10.4. The van der Waals surface area contributed by atoms with E-state index in [1.54, 1.807) is 55.6 Å². The molecule has 0 radical (unpaired) electrons. The molecule has 0 aromatic heterocycles. The minimum Gasteiger partial charge on any atom is -0.497 e. The number of amides is 1. The van der Waals surface area contributed by atoms with Crippen LogP contribution in [0, 0.1) is 5.92 Å². The van der Waals surface area contributed by atoms with E-state index in [4.69, 9.17) is 4.74 Å². The molecule has 4 aromatic carbocycles. The zero-order valence-corrected chi connectivity index (χ0v) is 21.8. The first-order chi connectivity index (χ1) is 19.6. The minimum atomic E-state index is -1.34. The third-order valence-electron chi connectivity index (χ3n) is 8.53. The molecule has 3 aliphatic heterocycles. The van der Waals surface area contributed by atoms with E-state index in [1.807, 2.05) is 71.8 Å². The molecule has 1 fully saturated rings. The van der Waals surface area contributed by atoms with Gasteiger partial charge in [-0.15, -0.1) is 0 Å². The number of para-hydroxylation sites is 1. The first-order valence-electron chi connectivity index (χ1n) is 13.3. The number of rotatable bonds is 5. The lowest BCUT2D eigenvalue weighted by atomic mass is 9.62. The van der Waals surface area contributed by atoms with Gasteiger partial charge in [-0.3, -0.25) is 14.4 Å². The summed E-state index contributed by atoms with van der Waals surface area (Å²) >= 11 is 0. The standard InChI is InChI=1S/C34H26N2O4/c1-40-24-14-9-13-23(20-24)31(38)29-28(30(37)22-11-3-2-4-12-22)34(26-16-7-8-17-27(26)35-33(34)39)32-25-15-6-5-10-21(25)18-19-36(29)32/h2-20,28-29,32H,1H3,(H,35,39)/t28-,29-,32+,34+/m0/s1. The highest BCUT2D eigenvalue weighted by Crippen LogP contribution is 2.62. The van der Waals surface area contributed by atoms with Gasteiger partial charge in [0.25, 0.3) is 0 Å². The normalized spacial score (nSPS) is 23.8. The molecule has 0 aliphatic carbocycles. The third-order valence-corrected chi connectivity index (χ3v) is 8.53. The van der Waals surface area contributed by atoms with Crippen LogP contribution in [0.15, 0.2) is 109 Å². The van der Waals surface area contributed by atoms with E-state index in [0.717, 1.165) is 16.7 Å². The van der Waals surface area contributed by atoms with Crippen LogP contribution in [-0.2, 0) is 10.2 Å². The van der Waals surface area contributed by atoms with Crippen molar-refractivity contribution in [3.63, 3.8) is 0 Å². The molecule has 7 rings (SSSR count). The molecule has 3 heterocycles. The molecule has 40 heavy (non-hydrogen) atoms. The number of ether oxygens (including phenoxy) is 1. The van der Waals surface area contributed by atoms with Gasteiger partial charge in [-0.05, 0) is 41.0 Å². The fourth-order valence-corrected chi connectivity index (χ4v) is 6.90. The van der Waals surface area contributed by atoms with Crippen molar-refractivity contribution in [2.45, 2.75) is 17.5 Å². The Balaban J connectivity index is 1.54. The van der Waals surface area contributed by atoms with E-state index < -0.39 is 23.4 Å². The van der Waals surface area contributed by atoms with Gasteiger partial charge in [0.1, 0.15) is 17.2 Å². The number of nitrogens with one attached hydrogen (secondary N) is 1. The topological polar surface area (TPSA) is 75.7 Å². The van der Waals surface area contributed by atoms with Gasteiger partial charge in [0.2, 0.25) is 5.91 Å². The molecule has 0 unspecified atom stereocenters. The molecule has 1 saturated heterocycles. The number of anilines is 1. The smallest absolute Gasteiger partial charge is 0.238 e. The van der Waals surface area contributed by atoms with Crippen LogP contribution in [0.4, 0.5) is 5.69 Å². The molecule has 3 aliphatic rings. The molecule has 4 aromatic rings. The maximum Gasteiger partial charge on any atom is 0.238 e. The number of ketones is 2. The Kier molecular flexibility index (Phi) is 5.46. The number of methoxy groups -OCH3 is 1. The highest BCUT2D eigenvalue weighted by molar-refractivity contribution is 6.16. The Labute approximate surface area is 231 Å². The zero-order chi connectivity index (χ0) is 27.4. The lowest BCUT2D eigenvalue weighted by Gasteiger charge is -2.38. The summed E-state index contributed by atoms with van der Waals surface area (Å²) < 4.78 is 5.41. The molecule has 0 bridgehead atoms. The van der Waals surface area contributed by atoms with E-state index >= 15 is 0 Å². The van der Waals surface area contributed by atoms with Crippen molar-refractivity contribution < 1.29 is 19.1 Å². The van der Waals surface area contributed by atoms with Crippen LogP contribution in [0.2, 0.25) is 0 Å². The summed E-state index contributed by atoms with van der Waals surface area (Å²) in [6, 6.07) is 29.8. The number of hydrogen-bond donors (Lipinski definition) is 1.